The lowest BCUT2D eigenvalue weighted by molar-refractivity contribution is -0.147. The van der Waals surface area contributed by atoms with Crippen LogP contribution in [0.4, 0.5) is 35.9 Å². The molecule has 0 spiro atoms. The monoisotopic (exact) mass is 732 g/mol. The molecule has 0 aromatic heterocycles. The van der Waals surface area contributed by atoms with E-state index in [0.29, 0.717) is 6.42 Å². The second-order valence-electron chi connectivity index (χ2n) is 11.8. The number of Topliss-reactive ketones (excluding diaryl/α,β-unsaturated/α-hetero) is 1. The van der Waals surface area contributed by atoms with Crippen molar-refractivity contribution >= 4 is 29.9 Å². The van der Waals surface area contributed by atoms with Crippen LogP contribution in [0.3, 0.4) is 0 Å². The number of likely N-dealkylation sites (tertiary alicyclic amines) is 2. The predicted molar refractivity (Wildman–Crippen MR) is 166 cm³/mol. The van der Waals surface area contributed by atoms with Gasteiger partial charge in [-0.1, -0.05) is 24.3 Å². The number of carbonyl (C=O) groups excluding carboxylic acids is 4. The molecule has 4 unspecified atom stereocenters. The van der Waals surface area contributed by atoms with E-state index >= 15 is 0 Å². The number of ketones is 1. The molecule has 17 heteroatoms. The number of carbonyl (C=O) groups is 5. The number of aliphatic carboxylic acids is 1. The van der Waals surface area contributed by atoms with Gasteiger partial charge in [-0.05, 0) is 68.0 Å². The lowest BCUT2D eigenvalue weighted by Crippen LogP contribution is -2.43. The summed E-state index contributed by atoms with van der Waals surface area (Å²) in [5, 5.41) is 9.15. The quantitative estimate of drug-likeness (QED) is 0.137. The van der Waals surface area contributed by atoms with E-state index in [1.165, 1.54) is 48.3 Å². The molecule has 51 heavy (non-hydrogen) atoms. The lowest BCUT2D eigenvalue weighted by atomic mass is 9.83. The van der Waals surface area contributed by atoms with E-state index in [0.717, 1.165) is 24.3 Å². The van der Waals surface area contributed by atoms with E-state index in [-0.39, 0.29) is 55.9 Å². The van der Waals surface area contributed by atoms with Crippen LogP contribution in [-0.4, -0.2) is 78.7 Å². The van der Waals surface area contributed by atoms with Crippen LogP contribution in [0, 0.1) is 11.8 Å². The van der Waals surface area contributed by atoms with Gasteiger partial charge in [0.1, 0.15) is 12.2 Å². The first-order valence-corrected chi connectivity index (χ1v) is 15.9. The third-order valence-electron chi connectivity index (χ3n) is 8.65. The average Bonchev–Trinajstić information content (AvgIpc) is 3.10. The third-order valence-corrected chi connectivity index (χ3v) is 8.65. The number of alkyl halides is 6. The van der Waals surface area contributed by atoms with E-state index in [1.54, 1.807) is 6.92 Å². The van der Waals surface area contributed by atoms with Crippen LogP contribution < -0.4 is 0 Å². The number of rotatable bonds is 7. The van der Waals surface area contributed by atoms with Crippen molar-refractivity contribution in [3.8, 4) is 0 Å². The molecule has 2 aromatic rings. The Kier molecular flexibility index (Phi) is 13.8. The van der Waals surface area contributed by atoms with Gasteiger partial charge in [0, 0.05) is 19.0 Å². The summed E-state index contributed by atoms with van der Waals surface area (Å²) in [7, 11) is 2.36. The summed E-state index contributed by atoms with van der Waals surface area (Å²) in [5.41, 5.74) is -1.17. The minimum absolute atomic E-state index is 0.0474. The molecule has 0 saturated carbocycles. The SMILES string of the molecule is CCOC(=O)CC(=O)C1CCN(C(=O)OC)C(c2cccc(C(F)(F)F)c2)C1.COC(=O)N1CCC(C(=O)O)CC1c1cccc(C(F)(F)F)c1. The number of amides is 2. The van der Waals surface area contributed by atoms with Gasteiger partial charge < -0.3 is 29.1 Å². The minimum Gasteiger partial charge on any atom is -0.481 e. The van der Waals surface area contributed by atoms with Gasteiger partial charge in [0.15, 0.2) is 0 Å². The number of halogens is 6. The van der Waals surface area contributed by atoms with Crippen molar-refractivity contribution in [3.63, 3.8) is 0 Å². The fourth-order valence-corrected chi connectivity index (χ4v) is 6.09. The van der Waals surface area contributed by atoms with Crippen molar-refractivity contribution in [2.24, 2.45) is 11.8 Å². The third kappa shape index (κ3) is 10.8. The summed E-state index contributed by atoms with van der Waals surface area (Å²) in [5.74, 6) is -3.29. The number of carboxylic acid groups (broad SMARTS) is 1. The number of hydrogen-bond donors (Lipinski definition) is 1. The van der Waals surface area contributed by atoms with Crippen LogP contribution in [0.15, 0.2) is 48.5 Å². The summed E-state index contributed by atoms with van der Waals surface area (Å²) < 4.78 is 92.0. The minimum atomic E-state index is -4.53. The number of methoxy groups -OCH3 is 2. The van der Waals surface area contributed by atoms with Crippen LogP contribution in [0.5, 0.6) is 0 Å². The molecule has 0 aliphatic carbocycles. The number of nitrogens with zero attached hydrogens (tertiary/aromatic N) is 2. The fraction of sp³-hybridized carbons (Fsp3) is 0.500. The van der Waals surface area contributed by atoms with Gasteiger partial charge in [0.25, 0.3) is 0 Å². The number of benzene rings is 2. The number of piperidine rings is 2. The molecular weight excluding hydrogens is 694 g/mol. The molecule has 280 valence electrons. The van der Waals surface area contributed by atoms with E-state index in [9.17, 15) is 50.3 Å². The molecular formula is C34H38F6N2O9. The van der Waals surface area contributed by atoms with Gasteiger partial charge in [-0.25, -0.2) is 9.59 Å². The predicted octanol–water partition coefficient (Wildman–Crippen LogP) is 7.06. The first-order chi connectivity index (χ1) is 23.9. The first kappa shape index (κ1) is 40.6. The maximum atomic E-state index is 13.1. The molecule has 11 nitrogen and oxygen atoms in total. The van der Waals surface area contributed by atoms with E-state index in [4.69, 9.17) is 14.6 Å². The molecule has 2 amide bonds. The van der Waals surface area contributed by atoms with Crippen molar-refractivity contribution in [3.05, 3.63) is 70.8 Å². The van der Waals surface area contributed by atoms with Gasteiger partial charge in [0.2, 0.25) is 0 Å². The molecule has 2 aromatic carbocycles. The highest BCUT2D eigenvalue weighted by molar-refractivity contribution is 5.97. The van der Waals surface area contributed by atoms with Gasteiger partial charge in [-0.15, -0.1) is 0 Å². The number of ether oxygens (including phenoxy) is 3. The topological polar surface area (TPSA) is 140 Å². The molecule has 1 N–H and O–H groups in total. The van der Waals surface area contributed by atoms with E-state index in [1.807, 2.05) is 0 Å². The zero-order chi connectivity index (χ0) is 38.1. The Morgan fingerprint density at radius 2 is 1.18 bits per heavy atom. The molecule has 4 rings (SSSR count). The highest BCUT2D eigenvalue weighted by Crippen LogP contribution is 2.39. The van der Waals surface area contributed by atoms with Crippen molar-refractivity contribution < 1.29 is 69.6 Å². The smallest absolute Gasteiger partial charge is 0.416 e. The summed E-state index contributed by atoms with van der Waals surface area (Å²) in [6, 6.07) is 7.72. The first-order valence-electron chi connectivity index (χ1n) is 15.9. The van der Waals surface area contributed by atoms with Gasteiger partial charge >= 0.3 is 36.5 Å². The molecule has 2 aliphatic heterocycles. The van der Waals surface area contributed by atoms with Gasteiger partial charge in [-0.2, -0.15) is 26.3 Å². The van der Waals surface area contributed by atoms with Crippen molar-refractivity contribution in [1.29, 1.82) is 0 Å². The Hall–Kier alpha value is -4.83. The Bertz CT molecular complexity index is 1570. The summed E-state index contributed by atoms with van der Waals surface area (Å²) >= 11 is 0. The fourth-order valence-electron chi connectivity index (χ4n) is 6.09. The molecule has 2 saturated heterocycles. The molecule has 0 radical (unpaired) electrons. The van der Waals surface area contributed by atoms with Crippen LogP contribution in [0.1, 0.15) is 73.4 Å². The zero-order valence-corrected chi connectivity index (χ0v) is 28.0. The standard InChI is InChI=1S/C19H22F3NO5.C15H16F3NO4/c1-3-28-17(25)11-16(24)13-7-8-23(18(26)27-2)15(10-13)12-5-4-6-14(9-12)19(20,21)22;1-23-14(22)19-6-5-10(13(20)21)8-12(19)9-3-2-4-11(7-9)15(16,17)18/h4-6,9,13,15H,3,7-8,10-11H2,1-2H3;2-4,7,10,12H,5-6,8H2,1H3,(H,20,21). The zero-order valence-electron chi connectivity index (χ0n) is 28.0. The second-order valence-corrected chi connectivity index (χ2v) is 11.8. The Balaban J connectivity index is 0.000000281. The molecule has 2 aliphatic rings. The molecule has 2 fully saturated rings. The second kappa shape index (κ2) is 17.4. The average molecular weight is 733 g/mol. The Morgan fingerprint density at radius 3 is 1.57 bits per heavy atom. The number of esters is 1. The van der Waals surface area contributed by atoms with Crippen LogP contribution in [-0.2, 0) is 40.9 Å². The maximum absolute atomic E-state index is 13.1. The van der Waals surface area contributed by atoms with Crippen molar-refractivity contribution in [2.45, 2.75) is 63.5 Å². The normalized spacial score (nSPS) is 20.7. The lowest BCUT2D eigenvalue weighted by Gasteiger charge is -2.38. The van der Waals surface area contributed by atoms with Crippen molar-refractivity contribution in [1.82, 2.24) is 9.80 Å². The maximum Gasteiger partial charge on any atom is 0.416 e. The molecule has 4 atom stereocenters. The number of carboxylic acids is 1. The molecule has 0 bridgehead atoms. The summed E-state index contributed by atoms with van der Waals surface area (Å²) in [6.45, 7) is 2.03. The van der Waals surface area contributed by atoms with E-state index < -0.39 is 77.9 Å². The van der Waals surface area contributed by atoms with Crippen molar-refractivity contribution in [2.75, 3.05) is 33.9 Å². The van der Waals surface area contributed by atoms with Crippen LogP contribution in [0.2, 0.25) is 0 Å². The molecule has 2 heterocycles. The largest absolute Gasteiger partial charge is 0.481 e. The summed E-state index contributed by atoms with van der Waals surface area (Å²) in [6.07, 6.45) is -10.1. The summed E-state index contributed by atoms with van der Waals surface area (Å²) in [4.78, 5) is 61.7. The van der Waals surface area contributed by atoms with Gasteiger partial charge in [-0.3, -0.25) is 14.4 Å². The van der Waals surface area contributed by atoms with Crippen LogP contribution in [0.25, 0.3) is 0 Å². The van der Waals surface area contributed by atoms with E-state index in [2.05, 4.69) is 4.74 Å². The Morgan fingerprint density at radius 1 is 0.745 bits per heavy atom. The van der Waals surface area contributed by atoms with Gasteiger partial charge in [0.05, 0.1) is 50.0 Å². The number of hydrogen-bond acceptors (Lipinski definition) is 8. The Labute approximate surface area is 289 Å². The van der Waals surface area contributed by atoms with Crippen LogP contribution >= 0.6 is 0 Å². The highest BCUT2D eigenvalue weighted by atomic mass is 19.4. The highest BCUT2D eigenvalue weighted by Gasteiger charge is 2.39.